The van der Waals surface area contributed by atoms with Gasteiger partial charge in [0.1, 0.15) is 5.75 Å². The van der Waals surface area contributed by atoms with Crippen molar-refractivity contribution < 1.29 is 9.53 Å². The summed E-state index contributed by atoms with van der Waals surface area (Å²) in [7, 11) is 0. The summed E-state index contributed by atoms with van der Waals surface area (Å²) in [5.41, 5.74) is 3.85. The molecule has 136 valence electrons. The van der Waals surface area contributed by atoms with Gasteiger partial charge in [0.2, 0.25) is 0 Å². The van der Waals surface area contributed by atoms with Gasteiger partial charge in [-0.1, -0.05) is 42.5 Å². The fourth-order valence-electron chi connectivity index (χ4n) is 3.90. The highest BCUT2D eigenvalue weighted by molar-refractivity contribution is 5.82. The molecular weight excluding hydrogens is 324 g/mol. The lowest BCUT2D eigenvalue weighted by molar-refractivity contribution is -0.137. The molecular formula is C22H26N2O2. The van der Waals surface area contributed by atoms with Crippen LogP contribution in [0.3, 0.4) is 0 Å². The van der Waals surface area contributed by atoms with Crippen molar-refractivity contribution in [1.82, 2.24) is 9.80 Å². The van der Waals surface area contributed by atoms with Crippen LogP contribution in [0.4, 0.5) is 0 Å². The molecule has 2 aromatic carbocycles. The van der Waals surface area contributed by atoms with E-state index in [4.69, 9.17) is 4.74 Å². The molecule has 0 spiro atoms. The van der Waals surface area contributed by atoms with Crippen LogP contribution in [0.2, 0.25) is 0 Å². The van der Waals surface area contributed by atoms with Crippen molar-refractivity contribution in [3.63, 3.8) is 0 Å². The lowest BCUT2D eigenvalue weighted by Gasteiger charge is -2.24. The van der Waals surface area contributed by atoms with Crippen LogP contribution in [-0.4, -0.2) is 48.0 Å². The van der Waals surface area contributed by atoms with Crippen LogP contribution < -0.4 is 4.74 Å². The Bertz CT molecular complexity index is 764. The zero-order chi connectivity index (χ0) is 17.9. The Hall–Kier alpha value is -2.33. The van der Waals surface area contributed by atoms with E-state index in [1.165, 1.54) is 11.1 Å². The molecule has 4 heteroatoms. The number of carbonyl (C=O) groups is 1. The second-order valence-electron chi connectivity index (χ2n) is 7.30. The van der Waals surface area contributed by atoms with Gasteiger partial charge >= 0.3 is 0 Å². The number of para-hydroxylation sites is 1. The van der Waals surface area contributed by atoms with Crippen LogP contribution in [0.5, 0.6) is 5.75 Å². The van der Waals surface area contributed by atoms with Crippen LogP contribution in [0.25, 0.3) is 0 Å². The van der Waals surface area contributed by atoms with E-state index in [-0.39, 0.29) is 12.0 Å². The van der Waals surface area contributed by atoms with E-state index in [1.54, 1.807) is 0 Å². The van der Waals surface area contributed by atoms with Crippen molar-refractivity contribution in [2.24, 2.45) is 0 Å². The van der Waals surface area contributed by atoms with Crippen molar-refractivity contribution >= 4 is 5.91 Å². The van der Waals surface area contributed by atoms with Crippen LogP contribution >= 0.6 is 0 Å². The minimum Gasteiger partial charge on any atom is -0.480 e. The zero-order valence-electron chi connectivity index (χ0n) is 15.4. The van der Waals surface area contributed by atoms with Crippen LogP contribution in [0.15, 0.2) is 48.5 Å². The Kier molecular flexibility index (Phi) is 4.93. The number of benzene rings is 2. The Balaban J connectivity index is 1.35. The van der Waals surface area contributed by atoms with Crippen molar-refractivity contribution in [1.29, 1.82) is 0 Å². The molecule has 0 bridgehead atoms. The smallest absolute Gasteiger partial charge is 0.264 e. The second-order valence-corrected chi connectivity index (χ2v) is 7.30. The maximum atomic E-state index is 12.9. The first-order chi connectivity index (χ1) is 12.7. The fourth-order valence-corrected chi connectivity index (χ4v) is 3.90. The van der Waals surface area contributed by atoms with Crippen molar-refractivity contribution in [3.05, 3.63) is 65.2 Å². The van der Waals surface area contributed by atoms with Crippen molar-refractivity contribution in [2.75, 3.05) is 26.2 Å². The molecule has 0 N–H and O–H groups in total. The first-order valence-corrected chi connectivity index (χ1v) is 9.51. The molecule has 26 heavy (non-hydrogen) atoms. The van der Waals surface area contributed by atoms with E-state index in [9.17, 15) is 4.79 Å². The van der Waals surface area contributed by atoms with E-state index in [0.717, 1.165) is 50.5 Å². The van der Waals surface area contributed by atoms with Gasteiger partial charge in [0, 0.05) is 39.1 Å². The van der Waals surface area contributed by atoms with E-state index in [1.807, 2.05) is 23.1 Å². The van der Waals surface area contributed by atoms with Crippen LogP contribution in [0, 0.1) is 6.92 Å². The minimum atomic E-state index is -0.352. The molecule has 0 radical (unpaired) electrons. The van der Waals surface area contributed by atoms with Gasteiger partial charge in [0.15, 0.2) is 6.10 Å². The molecule has 1 unspecified atom stereocenters. The zero-order valence-corrected chi connectivity index (χ0v) is 15.4. The number of rotatable bonds is 3. The molecule has 1 saturated heterocycles. The highest BCUT2D eigenvalue weighted by Gasteiger charge is 2.32. The number of nitrogens with zero attached hydrogens (tertiary/aromatic N) is 2. The Morgan fingerprint density at radius 2 is 1.85 bits per heavy atom. The Morgan fingerprint density at radius 1 is 1.04 bits per heavy atom. The summed E-state index contributed by atoms with van der Waals surface area (Å²) >= 11 is 0. The number of carbonyl (C=O) groups excluding carboxylic acids is 1. The second kappa shape index (κ2) is 7.50. The number of amides is 1. The standard InChI is InChI=1S/C22H26N2O2/c1-17-7-2-3-9-19(17)16-23-11-6-12-24(14-13-23)22(25)21-15-18-8-4-5-10-20(18)26-21/h2-5,7-10,21H,6,11-16H2,1H3. The third-order valence-corrected chi connectivity index (χ3v) is 5.48. The van der Waals surface area contributed by atoms with Crippen LogP contribution in [0.1, 0.15) is 23.1 Å². The van der Waals surface area contributed by atoms with Gasteiger partial charge in [-0.15, -0.1) is 0 Å². The van der Waals surface area contributed by atoms with Crippen molar-refractivity contribution in [3.8, 4) is 5.75 Å². The molecule has 4 rings (SSSR count). The fraction of sp³-hybridized carbons (Fsp3) is 0.409. The minimum absolute atomic E-state index is 0.138. The topological polar surface area (TPSA) is 32.8 Å². The summed E-state index contributed by atoms with van der Waals surface area (Å²) in [5.74, 6) is 1.00. The molecule has 2 aliphatic rings. The molecule has 4 nitrogen and oxygen atoms in total. The number of hydrogen-bond donors (Lipinski definition) is 0. The maximum absolute atomic E-state index is 12.9. The van der Waals surface area contributed by atoms with E-state index in [2.05, 4.69) is 42.2 Å². The molecule has 0 aliphatic carbocycles. The van der Waals surface area contributed by atoms with Gasteiger partial charge in [0.25, 0.3) is 5.91 Å². The Morgan fingerprint density at radius 3 is 2.69 bits per heavy atom. The predicted octanol–water partition coefficient (Wildman–Crippen LogP) is 3.03. The van der Waals surface area contributed by atoms with Gasteiger partial charge in [0.05, 0.1) is 0 Å². The summed E-state index contributed by atoms with van der Waals surface area (Å²) in [4.78, 5) is 17.4. The van der Waals surface area contributed by atoms with Crippen LogP contribution in [-0.2, 0) is 17.8 Å². The molecule has 1 fully saturated rings. The highest BCUT2D eigenvalue weighted by atomic mass is 16.5. The first kappa shape index (κ1) is 17.1. The predicted molar refractivity (Wildman–Crippen MR) is 102 cm³/mol. The average Bonchev–Trinajstić information content (AvgIpc) is 2.96. The molecule has 1 atom stereocenters. The van der Waals surface area contributed by atoms with E-state index < -0.39 is 0 Å². The monoisotopic (exact) mass is 350 g/mol. The van der Waals surface area contributed by atoms with Gasteiger partial charge in [-0.3, -0.25) is 9.69 Å². The maximum Gasteiger partial charge on any atom is 0.264 e. The summed E-state index contributed by atoms with van der Waals surface area (Å²) in [5, 5.41) is 0. The molecule has 2 aliphatic heterocycles. The summed E-state index contributed by atoms with van der Waals surface area (Å²) in [6.45, 7) is 6.67. The summed E-state index contributed by atoms with van der Waals surface area (Å²) in [6, 6.07) is 16.5. The SMILES string of the molecule is Cc1ccccc1CN1CCCN(C(=O)C2Cc3ccccc3O2)CC1. The first-order valence-electron chi connectivity index (χ1n) is 9.51. The number of fused-ring (bicyclic) bond motifs is 1. The van der Waals surface area contributed by atoms with Crippen molar-refractivity contribution in [2.45, 2.75) is 32.4 Å². The van der Waals surface area contributed by atoms with Gasteiger partial charge < -0.3 is 9.64 Å². The van der Waals surface area contributed by atoms with Gasteiger partial charge in [-0.2, -0.15) is 0 Å². The quantitative estimate of drug-likeness (QED) is 0.853. The van der Waals surface area contributed by atoms with E-state index in [0.29, 0.717) is 6.42 Å². The summed E-state index contributed by atoms with van der Waals surface area (Å²) in [6.07, 6.45) is 1.35. The normalized spacial score (nSPS) is 20.3. The number of ether oxygens (including phenoxy) is 1. The summed E-state index contributed by atoms with van der Waals surface area (Å²) < 4.78 is 5.90. The third kappa shape index (κ3) is 3.61. The largest absolute Gasteiger partial charge is 0.480 e. The number of hydrogen-bond acceptors (Lipinski definition) is 3. The lowest BCUT2D eigenvalue weighted by Crippen LogP contribution is -2.43. The molecule has 2 heterocycles. The molecule has 0 aromatic heterocycles. The molecule has 0 saturated carbocycles. The van der Waals surface area contributed by atoms with Gasteiger partial charge in [-0.25, -0.2) is 0 Å². The number of aryl methyl sites for hydroxylation is 1. The van der Waals surface area contributed by atoms with E-state index >= 15 is 0 Å². The lowest BCUT2D eigenvalue weighted by atomic mass is 10.1. The average molecular weight is 350 g/mol. The van der Waals surface area contributed by atoms with Gasteiger partial charge in [-0.05, 0) is 36.1 Å². The molecule has 1 amide bonds. The molecule has 2 aromatic rings. The Labute approximate surface area is 155 Å². The highest BCUT2D eigenvalue weighted by Crippen LogP contribution is 2.29. The third-order valence-electron chi connectivity index (χ3n) is 5.48.